The van der Waals surface area contributed by atoms with E-state index in [1.807, 2.05) is 0 Å². The van der Waals surface area contributed by atoms with Crippen molar-refractivity contribution in [1.82, 2.24) is 19.9 Å². The minimum Gasteiger partial charge on any atom is -0.396 e. The normalized spacial score (nSPS) is 15.4. The van der Waals surface area contributed by atoms with E-state index >= 15 is 0 Å². The summed E-state index contributed by atoms with van der Waals surface area (Å²) in [5, 5.41) is 12.9. The molecular weight excluding hydrogens is 548 g/mol. The minimum absolute atomic E-state index is 0.162. The summed E-state index contributed by atoms with van der Waals surface area (Å²) in [5.74, 6) is 1.05. The number of alkyl halides is 6. The highest BCUT2D eigenvalue weighted by Crippen LogP contribution is 2.37. The Hall–Kier alpha value is -3.77. The van der Waals surface area contributed by atoms with E-state index in [4.69, 9.17) is 0 Å². The molecule has 0 spiro atoms. The highest BCUT2D eigenvalue weighted by Gasteiger charge is 2.34. The standard InChI is InChI=1S/C29H27F6N5O/c30-28(31,32)20-4-6-21(7-5-20)37-27-22-8-3-19(26-23(29(33,34)35)2-1-12-36-26)16-24(22)38-25(39-27)11-15-40-13-9-18(17-41)10-14-40/h1-8,12,16,18,41H,9-11,13-15,17H2,(H,37,38,39). The summed E-state index contributed by atoms with van der Waals surface area (Å²) in [6.07, 6.45) is -5.58. The molecule has 0 unspecified atom stereocenters. The molecule has 0 bridgehead atoms. The molecule has 0 aliphatic carbocycles. The molecule has 1 fully saturated rings. The summed E-state index contributed by atoms with van der Waals surface area (Å²) in [6, 6.07) is 11.3. The molecule has 4 aromatic rings. The van der Waals surface area contributed by atoms with Gasteiger partial charge in [-0.15, -0.1) is 0 Å². The number of aromatic nitrogens is 3. The third kappa shape index (κ3) is 6.76. The van der Waals surface area contributed by atoms with Gasteiger partial charge < -0.3 is 15.3 Å². The quantitative estimate of drug-likeness (QED) is 0.239. The van der Waals surface area contributed by atoms with Crippen molar-refractivity contribution >= 4 is 22.4 Å². The average molecular weight is 576 g/mol. The summed E-state index contributed by atoms with van der Waals surface area (Å²) < 4.78 is 80.1. The number of piperidine rings is 1. The number of aliphatic hydroxyl groups excluding tert-OH is 1. The zero-order valence-corrected chi connectivity index (χ0v) is 21.8. The van der Waals surface area contributed by atoms with Crippen LogP contribution in [0.3, 0.4) is 0 Å². The lowest BCUT2D eigenvalue weighted by Gasteiger charge is -2.30. The van der Waals surface area contributed by atoms with E-state index in [2.05, 4.69) is 25.2 Å². The van der Waals surface area contributed by atoms with E-state index in [9.17, 15) is 31.4 Å². The van der Waals surface area contributed by atoms with E-state index in [-0.39, 0.29) is 23.8 Å². The molecule has 1 saturated heterocycles. The van der Waals surface area contributed by atoms with Gasteiger partial charge in [0.15, 0.2) is 0 Å². The van der Waals surface area contributed by atoms with Crippen molar-refractivity contribution < 1.29 is 31.4 Å². The summed E-state index contributed by atoms with van der Waals surface area (Å²) in [6.45, 7) is 2.44. The summed E-state index contributed by atoms with van der Waals surface area (Å²) in [4.78, 5) is 15.5. The number of hydrogen-bond acceptors (Lipinski definition) is 6. The Morgan fingerprint density at radius 1 is 0.902 bits per heavy atom. The number of halogens is 6. The smallest absolute Gasteiger partial charge is 0.396 e. The Morgan fingerprint density at radius 2 is 1.63 bits per heavy atom. The molecule has 3 heterocycles. The zero-order valence-electron chi connectivity index (χ0n) is 21.8. The Kier molecular flexibility index (Phi) is 8.14. The molecule has 6 nitrogen and oxygen atoms in total. The first kappa shape index (κ1) is 28.7. The van der Waals surface area contributed by atoms with Crippen molar-refractivity contribution in [3.63, 3.8) is 0 Å². The maximum absolute atomic E-state index is 13.7. The number of benzene rings is 2. The van der Waals surface area contributed by atoms with Crippen LogP contribution in [-0.2, 0) is 18.8 Å². The molecule has 2 aromatic heterocycles. The molecule has 1 aliphatic rings. The molecule has 0 atom stereocenters. The second kappa shape index (κ2) is 11.6. The van der Waals surface area contributed by atoms with Gasteiger partial charge >= 0.3 is 12.4 Å². The number of hydrogen-bond donors (Lipinski definition) is 2. The van der Waals surface area contributed by atoms with Crippen molar-refractivity contribution in [3.8, 4) is 11.3 Å². The van der Waals surface area contributed by atoms with Crippen LogP contribution in [0.15, 0.2) is 60.8 Å². The molecule has 12 heteroatoms. The van der Waals surface area contributed by atoms with E-state index in [0.717, 1.165) is 44.1 Å². The number of anilines is 2. The fourth-order valence-electron chi connectivity index (χ4n) is 4.93. The van der Waals surface area contributed by atoms with Crippen molar-refractivity contribution in [1.29, 1.82) is 0 Å². The highest BCUT2D eigenvalue weighted by molar-refractivity contribution is 5.93. The summed E-state index contributed by atoms with van der Waals surface area (Å²) in [5.41, 5.74) is -0.930. The third-order valence-corrected chi connectivity index (χ3v) is 7.22. The maximum Gasteiger partial charge on any atom is 0.418 e. The van der Waals surface area contributed by atoms with Crippen LogP contribution in [0.2, 0.25) is 0 Å². The van der Waals surface area contributed by atoms with E-state index < -0.39 is 23.5 Å². The van der Waals surface area contributed by atoms with Gasteiger partial charge in [0.25, 0.3) is 0 Å². The largest absolute Gasteiger partial charge is 0.418 e. The Bertz CT molecular complexity index is 1500. The summed E-state index contributed by atoms with van der Waals surface area (Å²) in [7, 11) is 0. The van der Waals surface area contributed by atoms with Crippen molar-refractivity contribution in [2.45, 2.75) is 31.6 Å². The van der Waals surface area contributed by atoms with Crippen LogP contribution in [-0.4, -0.2) is 51.2 Å². The fraction of sp³-hybridized carbons (Fsp3) is 0.345. The topological polar surface area (TPSA) is 74.2 Å². The molecule has 0 radical (unpaired) electrons. The molecule has 0 saturated carbocycles. The van der Waals surface area contributed by atoms with Crippen molar-refractivity contribution in [3.05, 3.63) is 77.7 Å². The van der Waals surface area contributed by atoms with Crippen LogP contribution in [0.1, 0.15) is 29.8 Å². The molecule has 5 rings (SSSR count). The van der Waals surface area contributed by atoms with Gasteiger partial charge in [-0.2, -0.15) is 26.3 Å². The Balaban J connectivity index is 1.50. The number of nitrogens with one attached hydrogen (secondary N) is 1. The Labute approximate surface area is 232 Å². The number of likely N-dealkylation sites (tertiary alicyclic amines) is 1. The number of pyridine rings is 1. The van der Waals surface area contributed by atoms with Gasteiger partial charge in [-0.05, 0) is 80.4 Å². The van der Waals surface area contributed by atoms with Crippen LogP contribution >= 0.6 is 0 Å². The third-order valence-electron chi connectivity index (χ3n) is 7.22. The molecule has 2 aromatic carbocycles. The SMILES string of the molecule is OCC1CCN(CCc2nc(Nc3ccc(C(F)(F)F)cc3)c3ccc(-c4ncccc4C(F)(F)F)cc3n2)CC1. The van der Waals surface area contributed by atoms with Crippen LogP contribution in [0.4, 0.5) is 37.8 Å². The molecular formula is C29H27F6N5O. The molecule has 0 amide bonds. The van der Waals surface area contributed by atoms with Crippen LogP contribution in [0.5, 0.6) is 0 Å². The summed E-state index contributed by atoms with van der Waals surface area (Å²) >= 11 is 0. The minimum atomic E-state index is -4.60. The van der Waals surface area contributed by atoms with E-state index in [1.165, 1.54) is 36.5 Å². The monoisotopic (exact) mass is 575 g/mol. The van der Waals surface area contributed by atoms with Gasteiger partial charge in [-0.3, -0.25) is 4.98 Å². The number of rotatable bonds is 7. The second-order valence-corrected chi connectivity index (χ2v) is 10.0. The van der Waals surface area contributed by atoms with Gasteiger partial charge in [-0.1, -0.05) is 6.07 Å². The zero-order chi connectivity index (χ0) is 29.2. The first-order valence-electron chi connectivity index (χ1n) is 13.1. The van der Waals surface area contributed by atoms with Crippen molar-refractivity contribution in [2.24, 2.45) is 5.92 Å². The number of nitrogens with zero attached hydrogens (tertiary/aromatic N) is 4. The first-order valence-corrected chi connectivity index (χ1v) is 13.1. The molecule has 1 aliphatic heterocycles. The predicted octanol–water partition coefficient (Wildman–Crippen LogP) is 6.72. The maximum atomic E-state index is 13.7. The van der Waals surface area contributed by atoms with Gasteiger partial charge in [0.05, 0.1) is 22.3 Å². The average Bonchev–Trinajstić information content (AvgIpc) is 2.95. The Morgan fingerprint density at radius 3 is 2.29 bits per heavy atom. The number of aliphatic hydroxyl groups is 1. The van der Waals surface area contributed by atoms with Crippen molar-refractivity contribution in [2.75, 3.05) is 31.6 Å². The van der Waals surface area contributed by atoms with Gasteiger partial charge in [-0.25, -0.2) is 9.97 Å². The highest BCUT2D eigenvalue weighted by atomic mass is 19.4. The van der Waals surface area contributed by atoms with Gasteiger partial charge in [0.1, 0.15) is 11.6 Å². The van der Waals surface area contributed by atoms with Gasteiger partial charge in [0.2, 0.25) is 0 Å². The fourth-order valence-corrected chi connectivity index (χ4v) is 4.93. The van der Waals surface area contributed by atoms with Gasteiger partial charge in [0, 0.05) is 42.4 Å². The molecule has 41 heavy (non-hydrogen) atoms. The van der Waals surface area contributed by atoms with E-state index in [1.54, 1.807) is 6.07 Å². The molecule has 2 N–H and O–H groups in total. The van der Waals surface area contributed by atoms with E-state index in [0.29, 0.717) is 41.2 Å². The second-order valence-electron chi connectivity index (χ2n) is 10.0. The van der Waals surface area contributed by atoms with Crippen LogP contribution in [0.25, 0.3) is 22.2 Å². The lowest BCUT2D eigenvalue weighted by atomic mass is 9.98. The lowest BCUT2D eigenvalue weighted by Crippen LogP contribution is -2.36. The lowest BCUT2D eigenvalue weighted by molar-refractivity contribution is -0.138. The first-order chi connectivity index (χ1) is 19.5. The predicted molar refractivity (Wildman–Crippen MR) is 142 cm³/mol. The number of fused-ring (bicyclic) bond motifs is 1. The molecule has 216 valence electrons. The van der Waals surface area contributed by atoms with Crippen LogP contribution < -0.4 is 5.32 Å². The van der Waals surface area contributed by atoms with Crippen LogP contribution in [0, 0.1) is 5.92 Å².